The minimum atomic E-state index is 0.0431. The standard InChI is InChI=1S/C12H16N2O2/c1-9-10(7-13-11(9)8-15)12(16)14-5-3-2-4-6-14/h7-8,13H,2-6H2,1H3. The van der Waals surface area contributed by atoms with Crippen LogP contribution < -0.4 is 0 Å². The molecule has 0 unspecified atom stereocenters. The fourth-order valence-electron chi connectivity index (χ4n) is 2.12. The molecule has 4 heteroatoms. The van der Waals surface area contributed by atoms with Crippen LogP contribution in [-0.4, -0.2) is 35.2 Å². The molecule has 2 rings (SSSR count). The van der Waals surface area contributed by atoms with Gasteiger partial charge in [0.05, 0.1) is 11.3 Å². The van der Waals surface area contributed by atoms with Crippen LogP contribution in [0.2, 0.25) is 0 Å². The average molecular weight is 220 g/mol. The molecule has 0 atom stereocenters. The summed E-state index contributed by atoms with van der Waals surface area (Å²) in [5.41, 5.74) is 1.88. The SMILES string of the molecule is Cc1c(C(=O)N2CCCCC2)c[nH]c1C=O. The topological polar surface area (TPSA) is 53.2 Å². The Balaban J connectivity index is 2.19. The summed E-state index contributed by atoms with van der Waals surface area (Å²) >= 11 is 0. The van der Waals surface area contributed by atoms with Crippen LogP contribution in [0.15, 0.2) is 6.20 Å². The Kier molecular flexibility index (Phi) is 3.08. The predicted molar refractivity (Wildman–Crippen MR) is 60.7 cm³/mol. The highest BCUT2D eigenvalue weighted by molar-refractivity contribution is 5.97. The van der Waals surface area contributed by atoms with Gasteiger partial charge in [-0.3, -0.25) is 9.59 Å². The molecule has 0 aliphatic carbocycles. The smallest absolute Gasteiger partial charge is 0.255 e. The summed E-state index contributed by atoms with van der Waals surface area (Å²) < 4.78 is 0. The van der Waals surface area contributed by atoms with Crippen molar-refractivity contribution in [3.63, 3.8) is 0 Å². The number of carbonyl (C=O) groups excluding carboxylic acids is 2. The van der Waals surface area contributed by atoms with Gasteiger partial charge >= 0.3 is 0 Å². The number of rotatable bonds is 2. The molecule has 4 nitrogen and oxygen atoms in total. The normalized spacial score (nSPS) is 16.2. The second-order valence-corrected chi connectivity index (χ2v) is 4.21. The van der Waals surface area contributed by atoms with Crippen LogP contribution in [0.3, 0.4) is 0 Å². The van der Waals surface area contributed by atoms with Crippen molar-refractivity contribution in [3.05, 3.63) is 23.0 Å². The molecular weight excluding hydrogens is 204 g/mol. The molecule has 1 amide bonds. The van der Waals surface area contributed by atoms with E-state index in [2.05, 4.69) is 4.98 Å². The third kappa shape index (κ3) is 1.87. The molecule has 1 N–H and O–H groups in total. The van der Waals surface area contributed by atoms with E-state index in [1.807, 2.05) is 4.90 Å². The van der Waals surface area contributed by atoms with Gasteiger partial charge in [0.2, 0.25) is 0 Å². The zero-order valence-electron chi connectivity index (χ0n) is 9.45. The molecular formula is C12H16N2O2. The van der Waals surface area contributed by atoms with Gasteiger partial charge in [0.1, 0.15) is 0 Å². The molecule has 1 aromatic heterocycles. The lowest BCUT2D eigenvalue weighted by Gasteiger charge is -2.26. The Hall–Kier alpha value is -1.58. The van der Waals surface area contributed by atoms with Crippen molar-refractivity contribution in [3.8, 4) is 0 Å². The minimum absolute atomic E-state index is 0.0431. The average Bonchev–Trinajstić information content (AvgIpc) is 2.70. The zero-order chi connectivity index (χ0) is 11.5. The molecule has 86 valence electrons. The van der Waals surface area contributed by atoms with E-state index in [4.69, 9.17) is 0 Å². The van der Waals surface area contributed by atoms with Crippen molar-refractivity contribution in [1.82, 2.24) is 9.88 Å². The Bertz CT molecular complexity index is 403. The fraction of sp³-hybridized carbons (Fsp3) is 0.500. The van der Waals surface area contributed by atoms with Gasteiger partial charge in [-0.05, 0) is 31.7 Å². The number of amides is 1. The highest BCUT2D eigenvalue weighted by Gasteiger charge is 2.21. The number of hydrogen-bond donors (Lipinski definition) is 1. The van der Waals surface area contributed by atoms with Crippen molar-refractivity contribution < 1.29 is 9.59 Å². The predicted octanol–water partition coefficient (Wildman–Crippen LogP) is 1.76. The fourth-order valence-corrected chi connectivity index (χ4v) is 2.12. The van der Waals surface area contributed by atoms with E-state index in [1.54, 1.807) is 13.1 Å². The van der Waals surface area contributed by atoms with Crippen LogP contribution in [-0.2, 0) is 0 Å². The van der Waals surface area contributed by atoms with Gasteiger partial charge in [0.25, 0.3) is 5.91 Å². The third-order valence-electron chi connectivity index (χ3n) is 3.17. The van der Waals surface area contributed by atoms with Crippen LogP contribution in [0.4, 0.5) is 0 Å². The highest BCUT2D eigenvalue weighted by atomic mass is 16.2. The largest absolute Gasteiger partial charge is 0.358 e. The molecule has 16 heavy (non-hydrogen) atoms. The summed E-state index contributed by atoms with van der Waals surface area (Å²) in [5, 5.41) is 0. The van der Waals surface area contributed by atoms with E-state index in [0.29, 0.717) is 11.3 Å². The molecule has 2 heterocycles. The van der Waals surface area contributed by atoms with Crippen molar-refractivity contribution in [1.29, 1.82) is 0 Å². The Morgan fingerprint density at radius 1 is 1.38 bits per heavy atom. The van der Waals surface area contributed by atoms with Gasteiger partial charge in [-0.25, -0.2) is 0 Å². The maximum absolute atomic E-state index is 12.1. The maximum atomic E-state index is 12.1. The summed E-state index contributed by atoms with van der Waals surface area (Å²) in [7, 11) is 0. The summed E-state index contributed by atoms with van der Waals surface area (Å²) in [4.78, 5) is 27.5. The van der Waals surface area contributed by atoms with E-state index in [1.165, 1.54) is 6.42 Å². The van der Waals surface area contributed by atoms with Crippen LogP contribution in [0, 0.1) is 6.92 Å². The minimum Gasteiger partial charge on any atom is -0.358 e. The quantitative estimate of drug-likeness (QED) is 0.772. The second-order valence-electron chi connectivity index (χ2n) is 4.21. The van der Waals surface area contributed by atoms with Crippen molar-refractivity contribution in [2.45, 2.75) is 26.2 Å². The summed E-state index contributed by atoms with van der Waals surface area (Å²) in [6, 6.07) is 0. The van der Waals surface area contributed by atoms with Crippen LogP contribution in [0.5, 0.6) is 0 Å². The van der Waals surface area contributed by atoms with Gasteiger partial charge in [-0.15, -0.1) is 0 Å². The Morgan fingerprint density at radius 3 is 2.62 bits per heavy atom. The van der Waals surface area contributed by atoms with Crippen LogP contribution >= 0.6 is 0 Å². The third-order valence-corrected chi connectivity index (χ3v) is 3.17. The molecule has 1 aliphatic rings. The Morgan fingerprint density at radius 2 is 2.06 bits per heavy atom. The lowest BCUT2D eigenvalue weighted by molar-refractivity contribution is 0.0724. The number of aromatic nitrogens is 1. The first-order valence-corrected chi connectivity index (χ1v) is 5.66. The monoisotopic (exact) mass is 220 g/mol. The van der Waals surface area contributed by atoms with Gasteiger partial charge in [0.15, 0.2) is 6.29 Å². The molecule has 1 aliphatic heterocycles. The van der Waals surface area contributed by atoms with Crippen LogP contribution in [0.1, 0.15) is 45.7 Å². The number of aldehydes is 1. The number of hydrogen-bond acceptors (Lipinski definition) is 2. The first kappa shape index (κ1) is 10.9. The van der Waals surface area contributed by atoms with Gasteiger partial charge in [-0.2, -0.15) is 0 Å². The van der Waals surface area contributed by atoms with E-state index in [-0.39, 0.29) is 5.91 Å². The van der Waals surface area contributed by atoms with Crippen LogP contribution in [0.25, 0.3) is 0 Å². The molecule has 1 saturated heterocycles. The number of nitrogens with one attached hydrogen (secondary N) is 1. The lowest BCUT2D eigenvalue weighted by Crippen LogP contribution is -2.35. The number of piperidine rings is 1. The van der Waals surface area contributed by atoms with Gasteiger partial charge in [-0.1, -0.05) is 0 Å². The van der Waals surface area contributed by atoms with Crippen molar-refractivity contribution in [2.75, 3.05) is 13.1 Å². The maximum Gasteiger partial charge on any atom is 0.255 e. The summed E-state index contributed by atoms with van der Waals surface area (Å²) in [6.45, 7) is 3.47. The van der Waals surface area contributed by atoms with Crippen molar-refractivity contribution in [2.24, 2.45) is 0 Å². The van der Waals surface area contributed by atoms with E-state index >= 15 is 0 Å². The molecule has 0 saturated carbocycles. The van der Waals surface area contributed by atoms with E-state index in [9.17, 15) is 9.59 Å². The number of aromatic amines is 1. The number of likely N-dealkylation sites (tertiary alicyclic amines) is 1. The number of nitrogens with zero attached hydrogens (tertiary/aromatic N) is 1. The first-order chi connectivity index (χ1) is 7.74. The Labute approximate surface area is 94.6 Å². The molecule has 0 spiro atoms. The van der Waals surface area contributed by atoms with Gasteiger partial charge < -0.3 is 9.88 Å². The molecule has 1 fully saturated rings. The summed E-state index contributed by atoms with van der Waals surface area (Å²) in [6.07, 6.45) is 5.75. The van der Waals surface area contributed by atoms with E-state index < -0.39 is 0 Å². The summed E-state index contributed by atoms with van der Waals surface area (Å²) in [5.74, 6) is 0.0431. The molecule has 0 aromatic carbocycles. The molecule has 0 radical (unpaired) electrons. The lowest BCUT2D eigenvalue weighted by atomic mass is 10.1. The van der Waals surface area contributed by atoms with Crippen molar-refractivity contribution >= 4 is 12.2 Å². The first-order valence-electron chi connectivity index (χ1n) is 5.66. The molecule has 0 bridgehead atoms. The second kappa shape index (κ2) is 4.51. The number of H-pyrrole nitrogens is 1. The van der Waals surface area contributed by atoms with E-state index in [0.717, 1.165) is 37.8 Å². The zero-order valence-corrected chi connectivity index (χ0v) is 9.45. The highest BCUT2D eigenvalue weighted by Crippen LogP contribution is 2.17. The van der Waals surface area contributed by atoms with Gasteiger partial charge in [0, 0.05) is 19.3 Å². The molecule has 1 aromatic rings. The number of carbonyl (C=O) groups is 2.